The van der Waals surface area contributed by atoms with Crippen molar-refractivity contribution in [2.45, 2.75) is 32.9 Å². The number of hydrogen-bond acceptors (Lipinski definition) is 1. The Balaban J connectivity index is 1.72. The lowest BCUT2D eigenvalue weighted by Crippen LogP contribution is -3.28. The second-order valence-corrected chi connectivity index (χ2v) is 6.80. The summed E-state index contributed by atoms with van der Waals surface area (Å²) in [5, 5.41) is 3.86. The highest BCUT2D eigenvalue weighted by Gasteiger charge is 2.25. The number of carbonyl (C=O) groups excluding carboxylic acids is 1. The Labute approximate surface area is 138 Å². The van der Waals surface area contributed by atoms with Crippen LogP contribution in [0.1, 0.15) is 25.8 Å². The van der Waals surface area contributed by atoms with Crippen LogP contribution in [0.25, 0.3) is 0 Å². The van der Waals surface area contributed by atoms with Crippen molar-refractivity contribution in [3.63, 3.8) is 0 Å². The van der Waals surface area contributed by atoms with Crippen molar-refractivity contribution < 1.29 is 14.6 Å². The van der Waals surface area contributed by atoms with E-state index in [1.807, 2.05) is 18.2 Å². The van der Waals surface area contributed by atoms with E-state index in [9.17, 15) is 4.79 Å². The van der Waals surface area contributed by atoms with Crippen LogP contribution in [0.4, 0.5) is 0 Å². The highest BCUT2D eigenvalue weighted by molar-refractivity contribution is 6.30. The van der Waals surface area contributed by atoms with Crippen molar-refractivity contribution >= 4 is 17.5 Å². The number of halogens is 1. The molecule has 1 aliphatic heterocycles. The number of rotatable bonds is 6. The van der Waals surface area contributed by atoms with E-state index in [0.717, 1.165) is 44.2 Å². The third-order valence-corrected chi connectivity index (χ3v) is 4.67. The lowest BCUT2D eigenvalue weighted by molar-refractivity contribution is -1.02. The fourth-order valence-electron chi connectivity index (χ4n) is 2.90. The van der Waals surface area contributed by atoms with Gasteiger partial charge < -0.3 is 15.1 Å². The molecule has 4 nitrogen and oxygen atoms in total. The van der Waals surface area contributed by atoms with Gasteiger partial charge in [0.05, 0.1) is 0 Å². The Morgan fingerprint density at radius 3 is 2.59 bits per heavy atom. The van der Waals surface area contributed by atoms with Crippen molar-refractivity contribution in [3.8, 4) is 0 Å². The van der Waals surface area contributed by atoms with Crippen LogP contribution in [-0.4, -0.2) is 44.7 Å². The van der Waals surface area contributed by atoms with Gasteiger partial charge in [-0.15, -0.1) is 0 Å². The van der Waals surface area contributed by atoms with Crippen LogP contribution in [0.5, 0.6) is 0 Å². The van der Waals surface area contributed by atoms with Gasteiger partial charge in [-0.2, -0.15) is 0 Å². The molecule has 1 atom stereocenters. The Morgan fingerprint density at radius 1 is 1.27 bits per heavy atom. The van der Waals surface area contributed by atoms with E-state index in [2.05, 4.69) is 25.2 Å². The standard InChI is InChI=1S/C17H26ClN3O/c1-3-14(2)19-17(22)13-21-9-7-20(8-10-21)12-15-5-4-6-16(18)11-15/h4-6,11,14H,3,7-10,12-13H2,1-2H3,(H,19,22)/p+2/t14-/m1/s1. The summed E-state index contributed by atoms with van der Waals surface area (Å²) in [6.45, 7) is 10.1. The van der Waals surface area contributed by atoms with E-state index in [4.69, 9.17) is 11.6 Å². The van der Waals surface area contributed by atoms with E-state index in [1.54, 1.807) is 4.90 Å². The van der Waals surface area contributed by atoms with Gasteiger partial charge in [0.1, 0.15) is 32.7 Å². The first-order valence-electron chi connectivity index (χ1n) is 8.27. The van der Waals surface area contributed by atoms with Crippen molar-refractivity contribution in [1.29, 1.82) is 0 Å². The zero-order valence-electron chi connectivity index (χ0n) is 13.6. The molecule has 1 aromatic rings. The monoisotopic (exact) mass is 325 g/mol. The Kier molecular flexibility index (Phi) is 6.68. The van der Waals surface area contributed by atoms with Gasteiger partial charge in [0, 0.05) is 16.6 Å². The second-order valence-electron chi connectivity index (χ2n) is 6.36. The maximum atomic E-state index is 11.9. The molecule has 2 rings (SSSR count). The maximum Gasteiger partial charge on any atom is 0.275 e. The number of hydrogen-bond donors (Lipinski definition) is 3. The molecule has 5 heteroatoms. The van der Waals surface area contributed by atoms with E-state index >= 15 is 0 Å². The highest BCUT2D eigenvalue weighted by Crippen LogP contribution is 2.09. The number of nitrogens with one attached hydrogen (secondary N) is 3. The van der Waals surface area contributed by atoms with Gasteiger partial charge in [0.15, 0.2) is 6.54 Å². The van der Waals surface area contributed by atoms with Gasteiger partial charge in [0.2, 0.25) is 0 Å². The van der Waals surface area contributed by atoms with Gasteiger partial charge in [0.25, 0.3) is 5.91 Å². The molecular formula is C17H28ClN3O+2. The number of carbonyl (C=O) groups is 1. The van der Waals surface area contributed by atoms with E-state index in [0.29, 0.717) is 6.54 Å². The van der Waals surface area contributed by atoms with Crippen LogP contribution in [-0.2, 0) is 11.3 Å². The van der Waals surface area contributed by atoms with Crippen LogP contribution >= 0.6 is 11.6 Å². The molecular weight excluding hydrogens is 298 g/mol. The Hall–Kier alpha value is -1.10. The van der Waals surface area contributed by atoms with Crippen molar-refractivity contribution in [2.24, 2.45) is 0 Å². The largest absolute Gasteiger partial charge is 0.349 e. The minimum absolute atomic E-state index is 0.183. The van der Waals surface area contributed by atoms with Gasteiger partial charge in [-0.1, -0.05) is 30.7 Å². The molecule has 1 amide bonds. The number of quaternary nitrogens is 2. The first-order valence-corrected chi connectivity index (χ1v) is 8.65. The summed E-state index contributed by atoms with van der Waals surface area (Å²) in [4.78, 5) is 14.9. The normalized spacial score (nSPS) is 23.0. The fourth-order valence-corrected chi connectivity index (χ4v) is 3.11. The molecule has 3 N–H and O–H groups in total. The molecule has 1 saturated heterocycles. The molecule has 22 heavy (non-hydrogen) atoms. The van der Waals surface area contributed by atoms with Crippen LogP contribution in [0.15, 0.2) is 24.3 Å². The average Bonchev–Trinajstić information content (AvgIpc) is 2.49. The predicted octanol–water partition coefficient (Wildman–Crippen LogP) is -0.462. The molecule has 0 aromatic heterocycles. The zero-order chi connectivity index (χ0) is 15.9. The molecule has 1 aromatic carbocycles. The summed E-state index contributed by atoms with van der Waals surface area (Å²) >= 11 is 6.04. The summed E-state index contributed by atoms with van der Waals surface area (Å²) in [5.41, 5.74) is 1.29. The molecule has 1 heterocycles. The van der Waals surface area contributed by atoms with Crippen LogP contribution in [0, 0.1) is 0 Å². The number of amides is 1. The first kappa shape index (κ1) is 17.3. The third-order valence-electron chi connectivity index (χ3n) is 4.44. The summed E-state index contributed by atoms with van der Waals surface area (Å²) in [7, 11) is 0. The van der Waals surface area contributed by atoms with Gasteiger partial charge in [-0.25, -0.2) is 0 Å². The molecule has 0 bridgehead atoms. The zero-order valence-corrected chi connectivity index (χ0v) is 14.4. The smallest absolute Gasteiger partial charge is 0.275 e. The summed E-state index contributed by atoms with van der Waals surface area (Å²) in [6, 6.07) is 8.39. The van der Waals surface area contributed by atoms with Gasteiger partial charge >= 0.3 is 0 Å². The van der Waals surface area contributed by atoms with Crippen molar-refractivity contribution in [1.82, 2.24) is 5.32 Å². The molecule has 0 aliphatic carbocycles. The van der Waals surface area contributed by atoms with Crippen molar-refractivity contribution in [2.75, 3.05) is 32.7 Å². The maximum absolute atomic E-state index is 11.9. The second kappa shape index (κ2) is 8.51. The highest BCUT2D eigenvalue weighted by atomic mass is 35.5. The van der Waals surface area contributed by atoms with Crippen LogP contribution in [0.3, 0.4) is 0 Å². The molecule has 122 valence electrons. The minimum Gasteiger partial charge on any atom is -0.349 e. The topological polar surface area (TPSA) is 38.0 Å². The quantitative estimate of drug-likeness (QED) is 0.650. The third kappa shape index (κ3) is 5.59. The molecule has 0 unspecified atom stereocenters. The fraction of sp³-hybridized carbons (Fsp3) is 0.588. The van der Waals surface area contributed by atoms with E-state index in [1.165, 1.54) is 10.5 Å². The lowest BCUT2D eigenvalue weighted by Gasteiger charge is -2.29. The minimum atomic E-state index is 0.183. The lowest BCUT2D eigenvalue weighted by atomic mass is 10.2. The summed E-state index contributed by atoms with van der Waals surface area (Å²) in [6.07, 6.45) is 0.985. The first-order chi connectivity index (χ1) is 10.6. The number of benzene rings is 1. The number of piperazine rings is 1. The van der Waals surface area contributed by atoms with Crippen LogP contribution in [0.2, 0.25) is 5.02 Å². The van der Waals surface area contributed by atoms with Gasteiger partial charge in [-0.05, 0) is 25.5 Å². The van der Waals surface area contributed by atoms with E-state index < -0.39 is 0 Å². The SMILES string of the molecule is CC[C@@H](C)NC(=O)C[NH+]1CC[NH+](Cc2cccc(Cl)c2)CC1. The molecule has 0 spiro atoms. The Morgan fingerprint density at radius 2 is 1.95 bits per heavy atom. The summed E-state index contributed by atoms with van der Waals surface area (Å²) in [5.74, 6) is 0.183. The summed E-state index contributed by atoms with van der Waals surface area (Å²) < 4.78 is 0. The van der Waals surface area contributed by atoms with Crippen molar-refractivity contribution in [3.05, 3.63) is 34.9 Å². The van der Waals surface area contributed by atoms with E-state index in [-0.39, 0.29) is 11.9 Å². The van der Waals surface area contributed by atoms with Gasteiger partial charge in [-0.3, -0.25) is 4.79 Å². The van der Waals surface area contributed by atoms with Crippen LogP contribution < -0.4 is 15.1 Å². The molecule has 1 aliphatic rings. The molecule has 0 saturated carbocycles. The Bertz CT molecular complexity index is 487. The predicted molar refractivity (Wildman–Crippen MR) is 89.3 cm³/mol. The molecule has 1 fully saturated rings. The average molecular weight is 326 g/mol. The molecule has 0 radical (unpaired) electrons.